The molecule has 0 aliphatic heterocycles. The molecule has 2 atom stereocenters. The van der Waals surface area contributed by atoms with Crippen LogP contribution in [0.1, 0.15) is 33.1 Å². The van der Waals surface area contributed by atoms with Gasteiger partial charge in [0.15, 0.2) is 0 Å². The summed E-state index contributed by atoms with van der Waals surface area (Å²) in [4.78, 5) is 11.2. The maximum atomic E-state index is 11.2. The van der Waals surface area contributed by atoms with Crippen molar-refractivity contribution in [1.29, 1.82) is 0 Å². The van der Waals surface area contributed by atoms with Crippen LogP contribution in [0.4, 0.5) is 0 Å². The first-order valence-electron chi connectivity index (χ1n) is 5.45. The molecule has 1 rings (SSSR count). The van der Waals surface area contributed by atoms with Gasteiger partial charge in [-0.3, -0.25) is 4.79 Å². The van der Waals surface area contributed by atoms with Crippen molar-refractivity contribution in [3.05, 3.63) is 23.8 Å². The third-order valence-electron chi connectivity index (χ3n) is 2.84. The molecular formula is C13H20O2. The van der Waals surface area contributed by atoms with Crippen LogP contribution in [-0.4, -0.2) is 13.1 Å². The normalized spacial score (nSPS) is 23.1. The summed E-state index contributed by atoms with van der Waals surface area (Å²) in [5, 5.41) is 0. The fourth-order valence-corrected chi connectivity index (χ4v) is 1.79. The summed E-state index contributed by atoms with van der Waals surface area (Å²) >= 11 is 0. The SMILES string of the molecule is C=C(CCC=C(C)C)C1CC1C(=O)OC. The van der Waals surface area contributed by atoms with E-state index in [2.05, 4.69) is 26.5 Å². The van der Waals surface area contributed by atoms with E-state index in [1.54, 1.807) is 0 Å². The third-order valence-corrected chi connectivity index (χ3v) is 2.84. The first-order valence-corrected chi connectivity index (χ1v) is 5.45. The van der Waals surface area contributed by atoms with Gasteiger partial charge in [0.25, 0.3) is 0 Å². The summed E-state index contributed by atoms with van der Waals surface area (Å²) < 4.78 is 4.71. The van der Waals surface area contributed by atoms with Crippen molar-refractivity contribution in [2.75, 3.05) is 7.11 Å². The monoisotopic (exact) mass is 208 g/mol. The summed E-state index contributed by atoms with van der Waals surface area (Å²) in [7, 11) is 1.45. The van der Waals surface area contributed by atoms with Crippen LogP contribution in [0.5, 0.6) is 0 Å². The number of ether oxygens (including phenoxy) is 1. The highest BCUT2D eigenvalue weighted by molar-refractivity contribution is 5.76. The van der Waals surface area contributed by atoms with Crippen LogP contribution < -0.4 is 0 Å². The Labute approximate surface area is 92.0 Å². The highest BCUT2D eigenvalue weighted by atomic mass is 16.5. The zero-order chi connectivity index (χ0) is 11.4. The molecule has 1 fully saturated rings. The van der Waals surface area contributed by atoms with Crippen molar-refractivity contribution in [2.24, 2.45) is 11.8 Å². The Balaban J connectivity index is 2.27. The molecule has 2 unspecified atom stereocenters. The van der Waals surface area contributed by atoms with Crippen LogP contribution in [0.15, 0.2) is 23.8 Å². The molecule has 0 spiro atoms. The van der Waals surface area contributed by atoms with Crippen LogP contribution >= 0.6 is 0 Å². The first-order chi connectivity index (χ1) is 7.06. The number of hydrogen-bond acceptors (Lipinski definition) is 2. The maximum Gasteiger partial charge on any atom is 0.309 e. The predicted octanol–water partition coefficient (Wildman–Crippen LogP) is 3.10. The van der Waals surface area contributed by atoms with Gasteiger partial charge >= 0.3 is 5.97 Å². The second-order valence-electron chi connectivity index (χ2n) is 4.45. The lowest BCUT2D eigenvalue weighted by molar-refractivity contribution is -0.142. The summed E-state index contributed by atoms with van der Waals surface area (Å²) in [6.45, 7) is 8.23. The molecule has 0 radical (unpaired) electrons. The standard InChI is InChI=1S/C13H20O2/c1-9(2)6-5-7-10(3)11-8-12(11)13(14)15-4/h6,11-12H,3,5,7-8H2,1-2,4H3. The second-order valence-corrected chi connectivity index (χ2v) is 4.45. The average molecular weight is 208 g/mol. The molecule has 2 heteroatoms. The molecule has 0 saturated heterocycles. The quantitative estimate of drug-likeness (QED) is 0.512. The lowest BCUT2D eigenvalue weighted by Gasteiger charge is -2.02. The lowest BCUT2D eigenvalue weighted by atomic mass is 10.1. The van der Waals surface area contributed by atoms with E-state index in [1.165, 1.54) is 18.3 Å². The topological polar surface area (TPSA) is 26.3 Å². The maximum absolute atomic E-state index is 11.2. The lowest BCUT2D eigenvalue weighted by Crippen LogP contribution is -2.05. The molecule has 0 N–H and O–H groups in total. The van der Waals surface area contributed by atoms with Crippen molar-refractivity contribution in [1.82, 2.24) is 0 Å². The molecule has 2 nitrogen and oxygen atoms in total. The van der Waals surface area contributed by atoms with Crippen LogP contribution in [-0.2, 0) is 9.53 Å². The Morgan fingerprint density at radius 3 is 2.67 bits per heavy atom. The molecule has 1 aliphatic carbocycles. The van der Waals surface area contributed by atoms with E-state index < -0.39 is 0 Å². The smallest absolute Gasteiger partial charge is 0.309 e. The fourth-order valence-electron chi connectivity index (χ4n) is 1.79. The highest BCUT2D eigenvalue weighted by Crippen LogP contribution is 2.45. The number of allylic oxidation sites excluding steroid dienone is 3. The van der Waals surface area contributed by atoms with Gasteiger partial charge in [-0.25, -0.2) is 0 Å². The van der Waals surface area contributed by atoms with Crippen molar-refractivity contribution >= 4 is 5.97 Å². The number of rotatable bonds is 5. The molecule has 0 aromatic rings. The first kappa shape index (κ1) is 12.0. The zero-order valence-corrected chi connectivity index (χ0v) is 9.88. The molecule has 0 heterocycles. The van der Waals surface area contributed by atoms with E-state index in [-0.39, 0.29) is 11.9 Å². The average Bonchev–Trinajstić information content (AvgIpc) is 2.95. The van der Waals surface area contributed by atoms with E-state index in [0.717, 1.165) is 19.3 Å². The van der Waals surface area contributed by atoms with Gasteiger partial charge in [0.1, 0.15) is 0 Å². The molecular weight excluding hydrogens is 188 g/mol. The molecule has 0 aromatic carbocycles. The Kier molecular flexibility index (Phi) is 4.13. The van der Waals surface area contributed by atoms with Crippen LogP contribution in [0.25, 0.3) is 0 Å². The minimum Gasteiger partial charge on any atom is -0.469 e. The fraction of sp³-hybridized carbons (Fsp3) is 0.615. The summed E-state index contributed by atoms with van der Waals surface area (Å²) in [6, 6.07) is 0. The van der Waals surface area contributed by atoms with Crippen molar-refractivity contribution < 1.29 is 9.53 Å². The van der Waals surface area contributed by atoms with Gasteiger partial charge in [-0.15, -0.1) is 0 Å². The van der Waals surface area contributed by atoms with E-state index in [4.69, 9.17) is 4.74 Å². The minimum absolute atomic E-state index is 0.0802. The highest BCUT2D eigenvalue weighted by Gasteiger charge is 2.44. The van der Waals surface area contributed by atoms with Gasteiger partial charge < -0.3 is 4.74 Å². The second kappa shape index (κ2) is 5.15. The number of methoxy groups -OCH3 is 1. The van der Waals surface area contributed by atoms with E-state index >= 15 is 0 Å². The Hall–Kier alpha value is -1.05. The number of carbonyl (C=O) groups excluding carboxylic acids is 1. The predicted molar refractivity (Wildman–Crippen MR) is 61.4 cm³/mol. The van der Waals surface area contributed by atoms with E-state index in [1.807, 2.05) is 0 Å². The molecule has 15 heavy (non-hydrogen) atoms. The molecule has 1 saturated carbocycles. The summed E-state index contributed by atoms with van der Waals surface area (Å²) in [5.74, 6) is 0.389. The number of carbonyl (C=O) groups is 1. The number of esters is 1. The van der Waals surface area contributed by atoms with Crippen LogP contribution in [0.2, 0.25) is 0 Å². The van der Waals surface area contributed by atoms with Gasteiger partial charge in [-0.1, -0.05) is 23.8 Å². The van der Waals surface area contributed by atoms with Gasteiger partial charge in [0.05, 0.1) is 13.0 Å². The van der Waals surface area contributed by atoms with Gasteiger partial charge in [0.2, 0.25) is 0 Å². The molecule has 1 aliphatic rings. The van der Waals surface area contributed by atoms with Gasteiger partial charge in [-0.2, -0.15) is 0 Å². The molecule has 0 amide bonds. The Morgan fingerprint density at radius 2 is 2.13 bits per heavy atom. The van der Waals surface area contributed by atoms with Crippen LogP contribution in [0, 0.1) is 11.8 Å². The Bertz CT molecular complexity index is 285. The van der Waals surface area contributed by atoms with Crippen molar-refractivity contribution in [2.45, 2.75) is 33.1 Å². The minimum atomic E-state index is -0.0802. The van der Waals surface area contributed by atoms with Crippen molar-refractivity contribution in [3.8, 4) is 0 Å². The van der Waals surface area contributed by atoms with E-state index in [9.17, 15) is 4.79 Å². The number of hydrogen-bond donors (Lipinski definition) is 0. The van der Waals surface area contributed by atoms with Gasteiger partial charge in [0, 0.05) is 0 Å². The summed E-state index contributed by atoms with van der Waals surface area (Å²) in [5.41, 5.74) is 2.53. The van der Waals surface area contributed by atoms with Gasteiger partial charge in [-0.05, 0) is 39.0 Å². The molecule has 0 aromatic heterocycles. The van der Waals surface area contributed by atoms with Crippen molar-refractivity contribution in [3.63, 3.8) is 0 Å². The summed E-state index contributed by atoms with van der Waals surface area (Å²) in [6.07, 6.45) is 5.16. The Morgan fingerprint density at radius 1 is 1.47 bits per heavy atom. The molecule has 0 bridgehead atoms. The van der Waals surface area contributed by atoms with Crippen LogP contribution in [0.3, 0.4) is 0 Å². The third kappa shape index (κ3) is 3.54. The largest absolute Gasteiger partial charge is 0.469 e. The molecule has 84 valence electrons. The van der Waals surface area contributed by atoms with E-state index in [0.29, 0.717) is 5.92 Å². The zero-order valence-electron chi connectivity index (χ0n) is 9.88.